The fourth-order valence-electron chi connectivity index (χ4n) is 3.94. The lowest BCUT2D eigenvalue weighted by atomic mass is 10.00. The van der Waals surface area contributed by atoms with E-state index in [4.69, 9.17) is 9.47 Å². The molecule has 2 heterocycles. The molecular weight excluding hydrogens is 338 g/mol. The van der Waals surface area contributed by atoms with E-state index in [9.17, 15) is 4.79 Å². The number of carbonyl (C=O) groups is 1. The molecule has 142 valence electrons. The lowest BCUT2D eigenvalue weighted by Gasteiger charge is -2.32. The van der Waals surface area contributed by atoms with Crippen molar-refractivity contribution in [1.29, 1.82) is 0 Å². The van der Waals surface area contributed by atoms with Crippen LogP contribution in [-0.2, 0) is 32.9 Å². The van der Waals surface area contributed by atoms with Gasteiger partial charge in [0.1, 0.15) is 0 Å². The van der Waals surface area contributed by atoms with Crippen molar-refractivity contribution in [1.82, 2.24) is 0 Å². The molecule has 0 bridgehead atoms. The third kappa shape index (κ3) is 3.40. The molecule has 4 rings (SSSR count). The van der Waals surface area contributed by atoms with Gasteiger partial charge in [-0.1, -0.05) is 49.7 Å². The Morgan fingerprint density at radius 1 is 1.00 bits per heavy atom. The lowest BCUT2D eigenvalue weighted by Crippen LogP contribution is -2.47. The quantitative estimate of drug-likeness (QED) is 0.770. The van der Waals surface area contributed by atoms with E-state index in [-0.39, 0.29) is 5.91 Å². The van der Waals surface area contributed by atoms with E-state index in [0.29, 0.717) is 19.8 Å². The summed E-state index contributed by atoms with van der Waals surface area (Å²) < 4.78 is 12.0. The smallest absolute Gasteiger partial charge is 0.292 e. The SMILES string of the molecule is CCCCc1ccc2c(c1)C1(OCCCO1)C(=O)N2CCc1ccccc1. The molecule has 2 aliphatic heterocycles. The van der Waals surface area contributed by atoms with Crippen LogP contribution in [0.15, 0.2) is 48.5 Å². The molecule has 1 spiro atoms. The summed E-state index contributed by atoms with van der Waals surface area (Å²) in [6.07, 6.45) is 4.93. The highest BCUT2D eigenvalue weighted by atomic mass is 16.7. The molecule has 1 saturated heterocycles. The summed E-state index contributed by atoms with van der Waals surface area (Å²) in [7, 11) is 0. The van der Waals surface area contributed by atoms with Gasteiger partial charge in [0.15, 0.2) is 0 Å². The summed E-state index contributed by atoms with van der Waals surface area (Å²) in [5, 5.41) is 0. The van der Waals surface area contributed by atoms with Crippen LogP contribution in [0.1, 0.15) is 42.9 Å². The monoisotopic (exact) mass is 365 g/mol. The molecule has 4 heteroatoms. The van der Waals surface area contributed by atoms with Crippen molar-refractivity contribution in [2.45, 2.75) is 44.8 Å². The first kappa shape index (κ1) is 18.2. The largest absolute Gasteiger partial charge is 0.338 e. The van der Waals surface area contributed by atoms with Gasteiger partial charge in [-0.15, -0.1) is 0 Å². The van der Waals surface area contributed by atoms with Gasteiger partial charge in [-0.2, -0.15) is 0 Å². The fourth-order valence-corrected chi connectivity index (χ4v) is 3.94. The zero-order valence-corrected chi connectivity index (χ0v) is 15.9. The van der Waals surface area contributed by atoms with Gasteiger partial charge in [0, 0.05) is 12.1 Å². The minimum Gasteiger partial charge on any atom is -0.338 e. The normalized spacial score (nSPS) is 18.1. The Balaban J connectivity index is 1.65. The molecule has 0 N–H and O–H groups in total. The van der Waals surface area contributed by atoms with Crippen LogP contribution in [-0.4, -0.2) is 25.7 Å². The summed E-state index contributed by atoms with van der Waals surface area (Å²) in [6, 6.07) is 16.6. The van der Waals surface area contributed by atoms with Crippen molar-refractivity contribution in [3.63, 3.8) is 0 Å². The second-order valence-electron chi connectivity index (χ2n) is 7.31. The second-order valence-corrected chi connectivity index (χ2v) is 7.31. The highest BCUT2D eigenvalue weighted by Crippen LogP contribution is 2.45. The maximum atomic E-state index is 13.4. The van der Waals surface area contributed by atoms with Gasteiger partial charge in [0.2, 0.25) is 0 Å². The Morgan fingerprint density at radius 3 is 2.52 bits per heavy atom. The van der Waals surface area contributed by atoms with Crippen LogP contribution in [0.3, 0.4) is 0 Å². The number of unbranched alkanes of at least 4 members (excludes halogenated alkanes) is 1. The van der Waals surface area contributed by atoms with Gasteiger partial charge >= 0.3 is 0 Å². The molecule has 0 aromatic heterocycles. The molecular formula is C23H27NO3. The van der Waals surface area contributed by atoms with E-state index in [1.165, 1.54) is 11.1 Å². The topological polar surface area (TPSA) is 38.8 Å². The van der Waals surface area contributed by atoms with E-state index in [2.05, 4.69) is 37.3 Å². The van der Waals surface area contributed by atoms with Gasteiger partial charge in [-0.25, -0.2) is 0 Å². The Morgan fingerprint density at radius 2 is 1.78 bits per heavy atom. The molecule has 2 aliphatic rings. The minimum absolute atomic E-state index is 0.0826. The number of rotatable bonds is 6. The van der Waals surface area contributed by atoms with Crippen molar-refractivity contribution in [3.8, 4) is 0 Å². The molecule has 2 aromatic rings. The van der Waals surface area contributed by atoms with E-state index in [0.717, 1.165) is 43.4 Å². The van der Waals surface area contributed by atoms with Crippen molar-refractivity contribution < 1.29 is 14.3 Å². The number of carbonyl (C=O) groups excluding carboxylic acids is 1. The van der Waals surface area contributed by atoms with Crippen LogP contribution in [0.5, 0.6) is 0 Å². The first-order valence-corrected chi connectivity index (χ1v) is 10.0. The molecule has 0 saturated carbocycles. The number of hydrogen-bond donors (Lipinski definition) is 0. The number of amides is 1. The van der Waals surface area contributed by atoms with E-state index < -0.39 is 5.79 Å². The number of ether oxygens (including phenoxy) is 2. The zero-order valence-electron chi connectivity index (χ0n) is 15.9. The lowest BCUT2D eigenvalue weighted by molar-refractivity contribution is -0.256. The van der Waals surface area contributed by atoms with Gasteiger partial charge < -0.3 is 14.4 Å². The number of aryl methyl sites for hydroxylation is 1. The van der Waals surface area contributed by atoms with Crippen molar-refractivity contribution in [2.24, 2.45) is 0 Å². The highest BCUT2D eigenvalue weighted by Gasteiger charge is 2.54. The molecule has 0 radical (unpaired) electrons. The summed E-state index contributed by atoms with van der Waals surface area (Å²) in [6.45, 7) is 3.92. The zero-order chi connectivity index (χ0) is 18.7. The molecule has 0 aliphatic carbocycles. The third-order valence-electron chi connectivity index (χ3n) is 5.42. The van der Waals surface area contributed by atoms with Crippen LogP contribution in [0.4, 0.5) is 5.69 Å². The maximum absolute atomic E-state index is 13.4. The van der Waals surface area contributed by atoms with Crippen LogP contribution in [0.25, 0.3) is 0 Å². The van der Waals surface area contributed by atoms with Crippen LogP contribution < -0.4 is 4.90 Å². The van der Waals surface area contributed by atoms with E-state index >= 15 is 0 Å². The Hall–Kier alpha value is -2.17. The Bertz CT molecular complexity index is 797. The Labute approximate surface area is 161 Å². The standard InChI is InChI=1S/C23H27NO3/c1-2-3-8-19-11-12-21-20(17-19)23(26-15-7-16-27-23)22(25)24(21)14-13-18-9-5-4-6-10-18/h4-6,9-12,17H,2-3,7-8,13-16H2,1H3. The van der Waals surface area contributed by atoms with E-state index in [1.54, 1.807) is 0 Å². The predicted molar refractivity (Wildman–Crippen MR) is 106 cm³/mol. The van der Waals surface area contributed by atoms with Crippen molar-refractivity contribution >= 4 is 11.6 Å². The average Bonchev–Trinajstić information content (AvgIpc) is 2.94. The minimum atomic E-state index is -1.24. The number of anilines is 1. The molecule has 0 atom stereocenters. The van der Waals surface area contributed by atoms with Gasteiger partial charge in [0.05, 0.1) is 18.9 Å². The summed E-state index contributed by atoms with van der Waals surface area (Å²) in [5.41, 5.74) is 4.27. The number of nitrogens with zero attached hydrogens (tertiary/aromatic N) is 1. The van der Waals surface area contributed by atoms with Crippen LogP contribution >= 0.6 is 0 Å². The van der Waals surface area contributed by atoms with Crippen molar-refractivity contribution in [2.75, 3.05) is 24.7 Å². The number of hydrogen-bond acceptors (Lipinski definition) is 3. The Kier molecular flexibility index (Phi) is 5.28. The maximum Gasteiger partial charge on any atom is 0.292 e. The summed E-state index contributed by atoms with van der Waals surface area (Å²) in [4.78, 5) is 15.2. The summed E-state index contributed by atoms with van der Waals surface area (Å²) in [5.74, 6) is -1.33. The molecule has 4 nitrogen and oxygen atoms in total. The molecule has 1 fully saturated rings. The van der Waals surface area contributed by atoms with Crippen molar-refractivity contribution in [3.05, 3.63) is 65.2 Å². The number of benzene rings is 2. The third-order valence-corrected chi connectivity index (χ3v) is 5.42. The molecule has 2 aromatic carbocycles. The molecule has 1 amide bonds. The first-order chi connectivity index (χ1) is 13.2. The molecule has 27 heavy (non-hydrogen) atoms. The average molecular weight is 365 g/mol. The predicted octanol–water partition coefficient (Wildman–Crippen LogP) is 4.21. The van der Waals surface area contributed by atoms with Crippen LogP contribution in [0.2, 0.25) is 0 Å². The van der Waals surface area contributed by atoms with Crippen LogP contribution in [0, 0.1) is 0 Å². The first-order valence-electron chi connectivity index (χ1n) is 10.0. The molecule has 0 unspecified atom stereocenters. The van der Waals surface area contributed by atoms with Gasteiger partial charge in [0.25, 0.3) is 11.7 Å². The van der Waals surface area contributed by atoms with Gasteiger partial charge in [-0.3, -0.25) is 4.79 Å². The van der Waals surface area contributed by atoms with Gasteiger partial charge in [-0.05, 0) is 48.9 Å². The number of fused-ring (bicyclic) bond motifs is 2. The second kappa shape index (κ2) is 7.83. The highest BCUT2D eigenvalue weighted by molar-refractivity contribution is 6.06. The fraction of sp³-hybridized carbons (Fsp3) is 0.435. The summed E-state index contributed by atoms with van der Waals surface area (Å²) >= 11 is 0. The van der Waals surface area contributed by atoms with E-state index in [1.807, 2.05) is 23.1 Å².